The fraction of sp³-hybridized carbons (Fsp3) is 0.0455. The van der Waals surface area contributed by atoms with Crippen LogP contribution in [-0.4, -0.2) is 19.6 Å². The lowest BCUT2D eigenvalue weighted by molar-refractivity contribution is 0.243. The van der Waals surface area contributed by atoms with Gasteiger partial charge in [-0.05, 0) is 53.6 Å². The van der Waals surface area contributed by atoms with Crippen molar-refractivity contribution in [2.45, 2.75) is 10.9 Å². The van der Waals surface area contributed by atoms with Crippen LogP contribution in [0.4, 0.5) is 4.79 Å². The van der Waals surface area contributed by atoms with E-state index in [-0.39, 0.29) is 10.0 Å². The van der Waals surface area contributed by atoms with Crippen LogP contribution in [0.15, 0.2) is 76.1 Å². The van der Waals surface area contributed by atoms with Crippen molar-refractivity contribution in [3.8, 4) is 6.07 Å². The second-order valence-corrected chi connectivity index (χ2v) is 9.41. The molecule has 4 rings (SSSR count). The first kappa shape index (κ1) is 22.6. The molecule has 33 heavy (non-hydrogen) atoms. The first-order valence-corrected chi connectivity index (χ1v) is 11.6. The number of nitrogens with zero attached hydrogens (tertiary/aromatic N) is 2. The van der Waals surface area contributed by atoms with Crippen molar-refractivity contribution in [3.63, 3.8) is 0 Å². The predicted molar refractivity (Wildman–Crippen MR) is 122 cm³/mol. The largest absolute Gasteiger partial charge is 0.355 e. The van der Waals surface area contributed by atoms with Crippen molar-refractivity contribution in [1.29, 1.82) is 5.26 Å². The normalized spacial score (nSPS) is 12.2. The van der Waals surface area contributed by atoms with E-state index in [1.807, 2.05) is 10.8 Å². The van der Waals surface area contributed by atoms with Gasteiger partial charge in [-0.25, -0.2) is 17.9 Å². The molecule has 0 saturated carbocycles. The number of urea groups is 1. The zero-order chi connectivity index (χ0) is 23.6. The van der Waals surface area contributed by atoms with Crippen molar-refractivity contribution < 1.29 is 17.7 Å². The van der Waals surface area contributed by atoms with Crippen LogP contribution < -0.4 is 10.0 Å². The summed E-state index contributed by atoms with van der Waals surface area (Å²) in [6.45, 7) is 0. The topological polar surface area (TPSA) is 125 Å². The number of hydrogen-bond acceptors (Lipinski definition) is 6. The third-order valence-corrected chi connectivity index (χ3v) is 6.60. The quantitative estimate of drug-likeness (QED) is 0.405. The molecule has 0 spiro atoms. The van der Waals surface area contributed by atoms with Gasteiger partial charge in [-0.3, -0.25) is 0 Å². The van der Waals surface area contributed by atoms with Gasteiger partial charge in [0.2, 0.25) is 0 Å². The molecule has 1 unspecified atom stereocenters. The SMILES string of the molecule is N#Cc1ccc(C(NC(=O)NS(=O)(=O)c2ccc3onc(Cl)c3c2)c2cccc(Cl)c2)cc1. The predicted octanol–water partition coefficient (Wildman–Crippen LogP) is 4.78. The molecular weight excluding hydrogens is 487 g/mol. The highest BCUT2D eigenvalue weighted by atomic mass is 35.5. The van der Waals surface area contributed by atoms with Gasteiger partial charge >= 0.3 is 6.03 Å². The fourth-order valence-electron chi connectivity index (χ4n) is 3.19. The number of rotatable bonds is 5. The molecule has 0 aliphatic heterocycles. The van der Waals surface area contributed by atoms with Crippen LogP contribution >= 0.6 is 23.2 Å². The number of carbonyl (C=O) groups is 1. The molecule has 0 radical (unpaired) electrons. The minimum Gasteiger partial charge on any atom is -0.355 e. The fourth-order valence-corrected chi connectivity index (χ4v) is 4.51. The van der Waals surface area contributed by atoms with E-state index in [1.54, 1.807) is 48.5 Å². The summed E-state index contributed by atoms with van der Waals surface area (Å²) in [5.74, 6) is 0. The number of carbonyl (C=O) groups excluding carboxylic acids is 1. The van der Waals surface area contributed by atoms with Gasteiger partial charge in [0, 0.05) is 5.02 Å². The molecule has 1 atom stereocenters. The van der Waals surface area contributed by atoms with Crippen LogP contribution in [0.1, 0.15) is 22.7 Å². The number of fused-ring (bicyclic) bond motifs is 1. The van der Waals surface area contributed by atoms with Gasteiger partial charge in [-0.2, -0.15) is 5.26 Å². The van der Waals surface area contributed by atoms with Crippen LogP contribution in [0.25, 0.3) is 11.0 Å². The summed E-state index contributed by atoms with van der Waals surface area (Å²) in [6, 6.07) is 17.6. The summed E-state index contributed by atoms with van der Waals surface area (Å²) in [4.78, 5) is 12.5. The Hall–Kier alpha value is -3.58. The number of halogens is 2. The average molecular weight is 501 g/mol. The van der Waals surface area contributed by atoms with Crippen molar-refractivity contribution in [2.24, 2.45) is 0 Å². The molecule has 1 aromatic heterocycles. The number of aromatic nitrogens is 1. The molecule has 1 heterocycles. The Kier molecular flexibility index (Phi) is 6.24. The molecule has 8 nitrogen and oxygen atoms in total. The van der Waals surface area contributed by atoms with Crippen LogP contribution in [0.2, 0.25) is 10.2 Å². The molecular formula is C22H14Cl2N4O4S. The monoisotopic (exact) mass is 500 g/mol. The van der Waals surface area contributed by atoms with Crippen molar-refractivity contribution in [1.82, 2.24) is 15.2 Å². The van der Waals surface area contributed by atoms with Gasteiger partial charge in [0.25, 0.3) is 10.0 Å². The lowest BCUT2D eigenvalue weighted by atomic mass is 9.98. The maximum absolute atomic E-state index is 12.8. The number of benzene rings is 3. The molecule has 0 bridgehead atoms. The second-order valence-electron chi connectivity index (χ2n) is 6.93. The third kappa shape index (κ3) is 4.93. The van der Waals surface area contributed by atoms with Crippen molar-refractivity contribution in [2.75, 3.05) is 0 Å². The Labute approximate surface area is 198 Å². The smallest absolute Gasteiger partial charge is 0.329 e. The Morgan fingerprint density at radius 1 is 1.03 bits per heavy atom. The number of hydrogen-bond donors (Lipinski definition) is 2. The molecule has 4 aromatic rings. The summed E-state index contributed by atoms with van der Waals surface area (Å²) < 4.78 is 32.5. The highest BCUT2D eigenvalue weighted by Crippen LogP contribution is 2.27. The van der Waals surface area contributed by atoms with E-state index in [9.17, 15) is 13.2 Å². The number of sulfonamides is 1. The standard InChI is InChI=1S/C22H14Cl2N4O4S/c23-16-3-1-2-15(10-16)20(14-6-4-13(12-25)5-7-14)26-22(29)28-33(30,31)17-8-9-19-18(11-17)21(24)27-32-19/h1-11,20H,(H2,26,28,29). The van der Waals surface area contributed by atoms with Gasteiger partial charge < -0.3 is 9.84 Å². The first-order valence-electron chi connectivity index (χ1n) is 9.40. The minimum atomic E-state index is -4.23. The lowest BCUT2D eigenvalue weighted by Crippen LogP contribution is -2.41. The van der Waals surface area contributed by atoms with E-state index in [0.29, 0.717) is 32.7 Å². The molecule has 0 saturated heterocycles. The highest BCUT2D eigenvalue weighted by molar-refractivity contribution is 7.90. The summed E-state index contributed by atoms with van der Waals surface area (Å²) in [7, 11) is -4.23. The second kappa shape index (κ2) is 9.11. The van der Waals surface area contributed by atoms with E-state index in [2.05, 4.69) is 10.5 Å². The van der Waals surface area contributed by atoms with Crippen molar-refractivity contribution in [3.05, 3.63) is 93.6 Å². The highest BCUT2D eigenvalue weighted by Gasteiger charge is 2.23. The number of nitriles is 1. The Morgan fingerprint density at radius 2 is 1.79 bits per heavy atom. The zero-order valence-electron chi connectivity index (χ0n) is 16.6. The van der Waals surface area contributed by atoms with Gasteiger partial charge in [0.05, 0.1) is 28.0 Å². The summed E-state index contributed by atoms with van der Waals surface area (Å²) in [6.07, 6.45) is 0. The van der Waals surface area contributed by atoms with Gasteiger partial charge in [0.1, 0.15) is 0 Å². The molecule has 0 fully saturated rings. The summed E-state index contributed by atoms with van der Waals surface area (Å²) in [5, 5.41) is 16.0. The van der Waals surface area contributed by atoms with Crippen LogP contribution in [0, 0.1) is 11.3 Å². The van der Waals surface area contributed by atoms with Crippen LogP contribution in [0.5, 0.6) is 0 Å². The van der Waals surface area contributed by atoms with E-state index in [1.165, 1.54) is 18.2 Å². The Balaban J connectivity index is 1.61. The molecule has 0 aliphatic carbocycles. The van der Waals surface area contributed by atoms with Crippen LogP contribution in [0.3, 0.4) is 0 Å². The number of amides is 2. The minimum absolute atomic E-state index is 0.00772. The Bertz CT molecular complexity index is 1500. The average Bonchev–Trinajstić information content (AvgIpc) is 3.17. The van der Waals surface area contributed by atoms with Crippen LogP contribution in [-0.2, 0) is 10.0 Å². The molecule has 166 valence electrons. The first-order chi connectivity index (χ1) is 15.8. The molecule has 0 aliphatic rings. The lowest BCUT2D eigenvalue weighted by Gasteiger charge is -2.20. The van der Waals surface area contributed by atoms with Crippen molar-refractivity contribution >= 4 is 50.2 Å². The van der Waals surface area contributed by atoms with Gasteiger partial charge in [-0.15, -0.1) is 0 Å². The third-order valence-electron chi connectivity index (χ3n) is 4.77. The molecule has 11 heteroatoms. The number of nitrogens with one attached hydrogen (secondary N) is 2. The maximum atomic E-state index is 12.8. The van der Waals surface area contributed by atoms with E-state index >= 15 is 0 Å². The molecule has 3 aromatic carbocycles. The summed E-state index contributed by atoms with van der Waals surface area (Å²) in [5.41, 5.74) is 2.00. The van der Waals surface area contributed by atoms with E-state index in [4.69, 9.17) is 33.0 Å². The van der Waals surface area contributed by atoms with E-state index in [0.717, 1.165) is 0 Å². The zero-order valence-corrected chi connectivity index (χ0v) is 18.9. The molecule has 2 N–H and O–H groups in total. The Morgan fingerprint density at radius 3 is 2.48 bits per heavy atom. The van der Waals surface area contributed by atoms with E-state index < -0.39 is 22.1 Å². The van der Waals surface area contributed by atoms with Gasteiger partial charge in [0.15, 0.2) is 10.7 Å². The maximum Gasteiger partial charge on any atom is 0.329 e. The van der Waals surface area contributed by atoms with Gasteiger partial charge in [-0.1, -0.05) is 52.6 Å². The summed E-state index contributed by atoms with van der Waals surface area (Å²) >= 11 is 12.0. The molecule has 2 amide bonds.